The Labute approximate surface area is 146 Å². The molecule has 5 nitrogen and oxygen atoms in total. The van der Waals surface area contributed by atoms with Crippen LogP contribution in [0.1, 0.15) is 40.1 Å². The number of anilines is 1. The molecule has 3 rings (SSSR count). The van der Waals surface area contributed by atoms with Gasteiger partial charge in [-0.25, -0.2) is 4.79 Å². The molecular weight excluding hydrogens is 316 g/mol. The van der Waals surface area contributed by atoms with Crippen molar-refractivity contribution in [3.05, 3.63) is 65.2 Å². The normalized spacial score (nSPS) is 10.8. The molecule has 0 spiro atoms. The molecule has 0 aliphatic heterocycles. The van der Waals surface area contributed by atoms with E-state index in [0.29, 0.717) is 16.5 Å². The summed E-state index contributed by atoms with van der Waals surface area (Å²) in [4.78, 5) is 25.3. The first-order valence-electron chi connectivity index (χ1n) is 8.28. The number of nitrogens with zero attached hydrogens (tertiary/aromatic N) is 1. The van der Waals surface area contributed by atoms with Crippen molar-refractivity contribution in [2.24, 2.45) is 0 Å². The summed E-state index contributed by atoms with van der Waals surface area (Å²) >= 11 is 0. The maximum atomic E-state index is 13.0. The van der Waals surface area contributed by atoms with Gasteiger partial charge >= 0.3 is 5.97 Å². The highest BCUT2D eigenvalue weighted by Crippen LogP contribution is 2.30. The van der Waals surface area contributed by atoms with Crippen LogP contribution in [0.3, 0.4) is 0 Å². The molecule has 2 aromatic carbocycles. The minimum Gasteiger partial charge on any atom is -0.462 e. The van der Waals surface area contributed by atoms with Crippen molar-refractivity contribution >= 4 is 28.6 Å². The van der Waals surface area contributed by atoms with E-state index in [1.165, 1.54) is 4.57 Å². The van der Waals surface area contributed by atoms with Crippen molar-refractivity contribution in [1.29, 1.82) is 0 Å². The molecule has 1 aromatic heterocycles. The third-order valence-corrected chi connectivity index (χ3v) is 4.20. The summed E-state index contributed by atoms with van der Waals surface area (Å²) in [5.74, 6) is -0.694. The average molecular weight is 336 g/mol. The zero-order valence-corrected chi connectivity index (χ0v) is 14.3. The number of benzene rings is 2. The van der Waals surface area contributed by atoms with Gasteiger partial charge < -0.3 is 10.5 Å². The second-order valence-corrected chi connectivity index (χ2v) is 5.69. The topological polar surface area (TPSA) is 74.3 Å². The largest absolute Gasteiger partial charge is 0.462 e. The van der Waals surface area contributed by atoms with Gasteiger partial charge in [-0.1, -0.05) is 37.3 Å². The van der Waals surface area contributed by atoms with Crippen LogP contribution in [0.25, 0.3) is 10.9 Å². The van der Waals surface area contributed by atoms with Crippen LogP contribution in [-0.4, -0.2) is 23.1 Å². The van der Waals surface area contributed by atoms with E-state index in [2.05, 4.69) is 6.92 Å². The molecule has 0 fully saturated rings. The number of aromatic nitrogens is 1. The Kier molecular flexibility index (Phi) is 4.57. The van der Waals surface area contributed by atoms with Crippen LogP contribution in [0.2, 0.25) is 0 Å². The van der Waals surface area contributed by atoms with E-state index in [4.69, 9.17) is 10.5 Å². The van der Waals surface area contributed by atoms with Gasteiger partial charge in [0, 0.05) is 10.9 Å². The van der Waals surface area contributed by atoms with Crippen molar-refractivity contribution in [3.8, 4) is 0 Å². The van der Waals surface area contributed by atoms with Crippen LogP contribution in [-0.2, 0) is 11.2 Å². The molecule has 5 heteroatoms. The fourth-order valence-electron chi connectivity index (χ4n) is 2.91. The minimum absolute atomic E-state index is 0.101. The molecule has 0 saturated heterocycles. The summed E-state index contributed by atoms with van der Waals surface area (Å²) in [6.45, 7) is 4.03. The number of carbonyl (C=O) groups is 2. The second kappa shape index (κ2) is 6.81. The summed E-state index contributed by atoms with van der Waals surface area (Å²) in [5.41, 5.74) is 8.67. The monoisotopic (exact) mass is 336 g/mol. The summed E-state index contributed by atoms with van der Waals surface area (Å²) in [6.07, 6.45) is 0.899. The number of carbonyl (C=O) groups excluding carboxylic acids is 2. The van der Waals surface area contributed by atoms with Gasteiger partial charge in [-0.05, 0) is 37.1 Å². The van der Waals surface area contributed by atoms with Gasteiger partial charge in [0.1, 0.15) is 11.4 Å². The highest BCUT2D eigenvalue weighted by molar-refractivity contribution is 6.15. The lowest BCUT2D eigenvalue weighted by molar-refractivity contribution is 0.0530. The van der Waals surface area contributed by atoms with E-state index >= 15 is 0 Å². The first-order chi connectivity index (χ1) is 12.1. The molecule has 0 atom stereocenters. The molecule has 128 valence electrons. The molecule has 0 unspecified atom stereocenters. The Hall–Kier alpha value is -3.08. The van der Waals surface area contributed by atoms with E-state index < -0.39 is 5.97 Å². The fraction of sp³-hybridized carbons (Fsp3) is 0.200. The first kappa shape index (κ1) is 16.8. The number of hydrogen-bond acceptors (Lipinski definition) is 4. The molecule has 0 aliphatic carbocycles. The Morgan fingerprint density at radius 3 is 2.36 bits per heavy atom. The lowest BCUT2D eigenvalue weighted by atomic mass is 10.1. The maximum absolute atomic E-state index is 13.0. The predicted octanol–water partition coefficient (Wildman–Crippen LogP) is 3.65. The second-order valence-electron chi connectivity index (χ2n) is 5.69. The number of nitrogen functional groups attached to an aromatic ring is 1. The Morgan fingerprint density at radius 1 is 1.04 bits per heavy atom. The Balaban J connectivity index is 2.16. The Morgan fingerprint density at radius 2 is 1.72 bits per heavy atom. The number of nitrogens with two attached hydrogens (primary N) is 1. The number of ether oxygens (including phenoxy) is 1. The van der Waals surface area contributed by atoms with Crippen LogP contribution in [0.5, 0.6) is 0 Å². The summed E-state index contributed by atoms with van der Waals surface area (Å²) in [7, 11) is 0. The van der Waals surface area contributed by atoms with E-state index in [-0.39, 0.29) is 23.9 Å². The Bertz CT molecular complexity index is 939. The molecule has 0 saturated carbocycles. The van der Waals surface area contributed by atoms with E-state index in [1.54, 1.807) is 43.3 Å². The zero-order valence-electron chi connectivity index (χ0n) is 14.3. The van der Waals surface area contributed by atoms with Crippen LogP contribution in [0.4, 0.5) is 5.82 Å². The summed E-state index contributed by atoms with van der Waals surface area (Å²) in [6, 6.07) is 14.5. The van der Waals surface area contributed by atoms with E-state index in [1.807, 2.05) is 12.1 Å². The fourth-order valence-corrected chi connectivity index (χ4v) is 2.91. The molecule has 0 aliphatic rings. The van der Waals surface area contributed by atoms with E-state index in [0.717, 1.165) is 12.0 Å². The molecule has 25 heavy (non-hydrogen) atoms. The van der Waals surface area contributed by atoms with Gasteiger partial charge in [-0.2, -0.15) is 0 Å². The third kappa shape index (κ3) is 2.89. The molecule has 0 bridgehead atoms. The number of hydrogen-bond donors (Lipinski definition) is 1. The minimum atomic E-state index is -0.524. The number of esters is 1. The van der Waals surface area contributed by atoms with Gasteiger partial charge in [0.05, 0.1) is 12.1 Å². The van der Waals surface area contributed by atoms with Crippen LogP contribution in [0, 0.1) is 0 Å². The van der Waals surface area contributed by atoms with Crippen molar-refractivity contribution in [2.45, 2.75) is 20.3 Å². The first-order valence-corrected chi connectivity index (χ1v) is 8.28. The van der Waals surface area contributed by atoms with Gasteiger partial charge in [0.15, 0.2) is 0 Å². The predicted molar refractivity (Wildman–Crippen MR) is 97.9 cm³/mol. The van der Waals surface area contributed by atoms with Crippen molar-refractivity contribution in [3.63, 3.8) is 0 Å². The van der Waals surface area contributed by atoms with Crippen molar-refractivity contribution < 1.29 is 14.3 Å². The van der Waals surface area contributed by atoms with Crippen LogP contribution < -0.4 is 5.73 Å². The number of para-hydroxylation sites is 1. The molecule has 0 amide bonds. The molecule has 2 N–H and O–H groups in total. The number of aryl methyl sites for hydroxylation is 1. The average Bonchev–Trinajstić information content (AvgIpc) is 2.93. The SMILES string of the molecule is CCOC(=O)c1c(N)n(C(=O)c2ccc(CC)cc2)c2ccccc12. The van der Waals surface area contributed by atoms with Crippen LogP contribution in [0.15, 0.2) is 48.5 Å². The highest BCUT2D eigenvalue weighted by atomic mass is 16.5. The highest BCUT2D eigenvalue weighted by Gasteiger charge is 2.25. The smallest absolute Gasteiger partial charge is 0.342 e. The third-order valence-electron chi connectivity index (χ3n) is 4.20. The molecule has 3 aromatic rings. The standard InChI is InChI=1S/C20H20N2O3/c1-3-13-9-11-14(12-10-13)19(23)22-16-8-6-5-7-15(16)17(18(22)21)20(24)25-4-2/h5-12H,3-4,21H2,1-2H3. The van der Waals surface area contributed by atoms with Crippen molar-refractivity contribution in [2.75, 3.05) is 12.3 Å². The molecular formula is C20H20N2O3. The lowest BCUT2D eigenvalue weighted by Gasteiger charge is -2.08. The maximum Gasteiger partial charge on any atom is 0.342 e. The van der Waals surface area contributed by atoms with Crippen molar-refractivity contribution in [1.82, 2.24) is 4.57 Å². The lowest BCUT2D eigenvalue weighted by Crippen LogP contribution is -2.16. The summed E-state index contributed by atoms with van der Waals surface area (Å²) < 4.78 is 6.48. The quantitative estimate of drug-likeness (QED) is 0.738. The molecule has 0 radical (unpaired) electrons. The van der Waals surface area contributed by atoms with Crippen LogP contribution >= 0.6 is 0 Å². The number of fused-ring (bicyclic) bond motifs is 1. The van der Waals surface area contributed by atoms with E-state index in [9.17, 15) is 9.59 Å². The number of rotatable bonds is 4. The van der Waals surface area contributed by atoms with Gasteiger partial charge in [0.25, 0.3) is 5.91 Å². The summed E-state index contributed by atoms with van der Waals surface area (Å²) in [5, 5.41) is 0.608. The van der Waals surface area contributed by atoms with Gasteiger partial charge in [-0.3, -0.25) is 9.36 Å². The van der Waals surface area contributed by atoms with Gasteiger partial charge in [-0.15, -0.1) is 0 Å². The van der Waals surface area contributed by atoms with Gasteiger partial charge in [0.2, 0.25) is 0 Å². The zero-order chi connectivity index (χ0) is 18.0. The molecule has 1 heterocycles.